The minimum absolute atomic E-state index is 0.0953. The molecule has 5 heteroatoms. The number of hydrogen-bond acceptors (Lipinski definition) is 4. The molecule has 1 aromatic heterocycles. The summed E-state index contributed by atoms with van der Waals surface area (Å²) in [5.74, 6) is 3.58. The molecule has 1 aromatic rings. The number of nitrogens with one attached hydrogen (secondary N) is 1. The molecule has 2 aliphatic rings. The van der Waals surface area contributed by atoms with E-state index in [1.165, 1.54) is 43.4 Å². The third kappa shape index (κ3) is 2.95. The fourth-order valence-electron chi connectivity index (χ4n) is 3.28. The Morgan fingerprint density at radius 2 is 2.15 bits per heavy atom. The lowest BCUT2D eigenvalue weighted by Crippen LogP contribution is -2.22. The summed E-state index contributed by atoms with van der Waals surface area (Å²) in [7, 11) is 0. The highest BCUT2D eigenvalue weighted by molar-refractivity contribution is 7.98. The maximum absolute atomic E-state index is 6.04. The molecule has 20 heavy (non-hydrogen) atoms. The summed E-state index contributed by atoms with van der Waals surface area (Å²) in [5, 5.41) is 0. The zero-order valence-corrected chi connectivity index (χ0v) is 13.6. The van der Waals surface area contributed by atoms with E-state index in [1.807, 2.05) is 11.8 Å². The van der Waals surface area contributed by atoms with Crippen LogP contribution in [0.4, 0.5) is 0 Å². The van der Waals surface area contributed by atoms with Crippen molar-refractivity contribution in [2.45, 2.75) is 56.6 Å². The van der Waals surface area contributed by atoms with Crippen molar-refractivity contribution in [3.05, 3.63) is 21.7 Å². The lowest BCUT2D eigenvalue weighted by Gasteiger charge is -2.29. The van der Waals surface area contributed by atoms with Gasteiger partial charge in [0.2, 0.25) is 0 Å². The molecule has 1 unspecified atom stereocenters. The molecule has 0 saturated heterocycles. The third-order valence-electron chi connectivity index (χ3n) is 4.31. The minimum Gasteiger partial charge on any atom is -0.370 e. The van der Waals surface area contributed by atoms with E-state index in [0.717, 1.165) is 28.6 Å². The number of ether oxygens (including phenoxy) is 1. The first-order valence-electron chi connectivity index (χ1n) is 7.61. The van der Waals surface area contributed by atoms with Gasteiger partial charge < -0.3 is 9.72 Å². The second-order valence-electron chi connectivity index (χ2n) is 5.65. The van der Waals surface area contributed by atoms with Gasteiger partial charge in [-0.05, 0) is 25.7 Å². The van der Waals surface area contributed by atoms with Gasteiger partial charge in [-0.1, -0.05) is 31.5 Å². The first-order valence-corrected chi connectivity index (χ1v) is 9.17. The Morgan fingerprint density at radius 3 is 2.90 bits per heavy atom. The van der Waals surface area contributed by atoms with Crippen molar-refractivity contribution in [2.75, 3.05) is 6.61 Å². The lowest BCUT2D eigenvalue weighted by molar-refractivity contribution is -0.000377. The molecular formula is C15H22N2OS2. The van der Waals surface area contributed by atoms with Crippen LogP contribution in [-0.4, -0.2) is 16.6 Å². The molecule has 3 rings (SSSR count). The monoisotopic (exact) mass is 310 g/mol. The van der Waals surface area contributed by atoms with Crippen LogP contribution in [0.5, 0.6) is 0 Å². The highest BCUT2D eigenvalue weighted by Gasteiger charge is 2.28. The summed E-state index contributed by atoms with van der Waals surface area (Å²) in [6, 6.07) is 0. The lowest BCUT2D eigenvalue weighted by atomic mass is 9.85. The molecule has 1 atom stereocenters. The Hall–Kier alpha value is -0.390. The second kappa shape index (κ2) is 6.58. The Kier molecular flexibility index (Phi) is 4.79. The van der Waals surface area contributed by atoms with Gasteiger partial charge in [0, 0.05) is 29.4 Å². The fourth-order valence-corrected chi connectivity index (χ4v) is 4.73. The second-order valence-corrected chi connectivity index (χ2v) is 7.02. The Balaban J connectivity index is 1.90. The van der Waals surface area contributed by atoms with Crippen molar-refractivity contribution in [2.24, 2.45) is 5.92 Å². The normalized spacial score (nSPS) is 20.9. The summed E-state index contributed by atoms with van der Waals surface area (Å²) in [5.41, 5.74) is 2.50. The SMILES string of the molecule is CCOC(c1nc(=S)c2c([nH]1)CSC2)C1CCCCC1. The van der Waals surface area contributed by atoms with E-state index in [2.05, 4.69) is 16.9 Å². The van der Waals surface area contributed by atoms with Crippen LogP contribution in [0.15, 0.2) is 0 Å². The fraction of sp³-hybridized carbons (Fsp3) is 0.733. The van der Waals surface area contributed by atoms with Gasteiger partial charge in [0.25, 0.3) is 0 Å². The third-order valence-corrected chi connectivity index (χ3v) is 5.63. The summed E-state index contributed by atoms with van der Waals surface area (Å²) < 4.78 is 6.81. The zero-order chi connectivity index (χ0) is 13.9. The summed E-state index contributed by atoms with van der Waals surface area (Å²) >= 11 is 7.38. The van der Waals surface area contributed by atoms with Gasteiger partial charge in [0.05, 0.1) is 0 Å². The van der Waals surface area contributed by atoms with E-state index in [1.54, 1.807) is 0 Å². The average molecular weight is 310 g/mol. The molecule has 1 N–H and O–H groups in total. The largest absolute Gasteiger partial charge is 0.370 e. The summed E-state index contributed by atoms with van der Waals surface area (Å²) in [4.78, 5) is 8.18. The number of nitrogens with zero attached hydrogens (tertiary/aromatic N) is 1. The van der Waals surface area contributed by atoms with Crippen molar-refractivity contribution in [1.82, 2.24) is 9.97 Å². The predicted molar refractivity (Wildman–Crippen MR) is 85.4 cm³/mol. The number of rotatable bonds is 4. The molecule has 0 amide bonds. The molecule has 0 aromatic carbocycles. The summed E-state index contributed by atoms with van der Waals surface area (Å²) in [6.45, 7) is 2.79. The first kappa shape index (κ1) is 14.5. The molecule has 0 radical (unpaired) electrons. The summed E-state index contributed by atoms with van der Waals surface area (Å²) in [6.07, 6.45) is 6.58. The molecule has 3 nitrogen and oxygen atoms in total. The van der Waals surface area contributed by atoms with E-state index < -0.39 is 0 Å². The molecule has 1 aliphatic carbocycles. The van der Waals surface area contributed by atoms with Crippen molar-refractivity contribution in [3.8, 4) is 0 Å². The Labute approximate surface area is 129 Å². The van der Waals surface area contributed by atoms with Gasteiger partial charge in [0.1, 0.15) is 16.6 Å². The van der Waals surface area contributed by atoms with Crippen LogP contribution in [-0.2, 0) is 16.2 Å². The van der Waals surface area contributed by atoms with Gasteiger partial charge in [0.15, 0.2) is 0 Å². The van der Waals surface area contributed by atoms with Crippen LogP contribution in [0.25, 0.3) is 0 Å². The van der Waals surface area contributed by atoms with Gasteiger partial charge in [-0.25, -0.2) is 4.98 Å². The van der Waals surface area contributed by atoms with Crippen LogP contribution in [0, 0.1) is 10.6 Å². The molecule has 1 saturated carbocycles. The molecule has 0 bridgehead atoms. The Bertz CT molecular complexity index is 523. The highest BCUT2D eigenvalue weighted by Crippen LogP contribution is 2.37. The van der Waals surface area contributed by atoms with Crippen molar-refractivity contribution >= 4 is 24.0 Å². The van der Waals surface area contributed by atoms with Crippen molar-refractivity contribution < 1.29 is 4.74 Å². The van der Waals surface area contributed by atoms with E-state index in [4.69, 9.17) is 17.0 Å². The van der Waals surface area contributed by atoms with E-state index >= 15 is 0 Å². The minimum atomic E-state index is 0.0953. The van der Waals surface area contributed by atoms with Crippen LogP contribution in [0.1, 0.15) is 62.2 Å². The number of H-pyrrole nitrogens is 1. The van der Waals surface area contributed by atoms with E-state index in [0.29, 0.717) is 5.92 Å². The van der Waals surface area contributed by atoms with Gasteiger partial charge in [-0.15, -0.1) is 0 Å². The number of aromatic nitrogens is 2. The van der Waals surface area contributed by atoms with Gasteiger partial charge >= 0.3 is 0 Å². The van der Waals surface area contributed by atoms with Gasteiger partial charge in [-0.2, -0.15) is 11.8 Å². The van der Waals surface area contributed by atoms with Crippen LogP contribution in [0.2, 0.25) is 0 Å². The number of hydrogen-bond donors (Lipinski definition) is 1. The Morgan fingerprint density at radius 1 is 1.35 bits per heavy atom. The number of fused-ring (bicyclic) bond motifs is 1. The predicted octanol–water partition coefficient (Wildman–Crippen LogP) is 4.54. The van der Waals surface area contributed by atoms with Crippen LogP contribution < -0.4 is 0 Å². The average Bonchev–Trinajstić information content (AvgIpc) is 2.94. The molecule has 110 valence electrons. The van der Waals surface area contributed by atoms with Crippen molar-refractivity contribution in [3.63, 3.8) is 0 Å². The molecule has 1 aliphatic heterocycles. The molecule has 0 spiro atoms. The number of aromatic amines is 1. The van der Waals surface area contributed by atoms with Crippen LogP contribution >= 0.6 is 24.0 Å². The highest BCUT2D eigenvalue weighted by atomic mass is 32.2. The van der Waals surface area contributed by atoms with E-state index in [9.17, 15) is 0 Å². The topological polar surface area (TPSA) is 37.9 Å². The standard InChI is InChI=1S/C15H22N2OS2/c1-2-18-13(10-6-4-3-5-7-10)14-16-12-9-20-8-11(12)15(19)17-14/h10,13H,2-9H2,1H3,(H,16,17,19). The maximum Gasteiger partial charge on any atom is 0.137 e. The molecule has 1 fully saturated rings. The van der Waals surface area contributed by atoms with E-state index in [-0.39, 0.29) is 6.10 Å². The smallest absolute Gasteiger partial charge is 0.137 e. The van der Waals surface area contributed by atoms with Crippen LogP contribution in [0.3, 0.4) is 0 Å². The first-order chi connectivity index (χ1) is 9.79. The molecular weight excluding hydrogens is 288 g/mol. The van der Waals surface area contributed by atoms with Crippen molar-refractivity contribution in [1.29, 1.82) is 0 Å². The zero-order valence-electron chi connectivity index (χ0n) is 12.0. The number of thioether (sulfide) groups is 1. The quantitative estimate of drug-likeness (QED) is 0.828. The maximum atomic E-state index is 6.04. The molecule has 2 heterocycles. The van der Waals surface area contributed by atoms with Gasteiger partial charge in [-0.3, -0.25) is 0 Å².